The van der Waals surface area contributed by atoms with E-state index in [4.69, 9.17) is 5.11 Å². The first-order chi connectivity index (χ1) is 14.8. The largest absolute Gasteiger partial charge is 0.508 e. The molecule has 1 amide bonds. The van der Waals surface area contributed by atoms with Gasteiger partial charge in [-0.15, -0.1) is 0 Å². The minimum atomic E-state index is -3.78. The predicted molar refractivity (Wildman–Crippen MR) is 121 cm³/mol. The van der Waals surface area contributed by atoms with Crippen LogP contribution in [-0.4, -0.2) is 42.8 Å². The number of carboxylic acid groups (broad SMARTS) is 1. The number of rotatable bonds is 6. The van der Waals surface area contributed by atoms with Gasteiger partial charge in [0.25, 0.3) is 5.91 Å². The zero-order chi connectivity index (χ0) is 23.9. The number of phenolic OH excluding ortho intramolecular Hbond substituents is 1. The van der Waals surface area contributed by atoms with Crippen LogP contribution in [0.3, 0.4) is 0 Å². The number of aromatic hydroxyl groups is 1. The van der Waals surface area contributed by atoms with Crippen LogP contribution in [0.5, 0.6) is 5.75 Å². The van der Waals surface area contributed by atoms with Crippen molar-refractivity contribution in [1.82, 2.24) is 5.32 Å². The maximum Gasteiger partial charge on any atom is 0.322 e. The lowest BCUT2D eigenvalue weighted by atomic mass is 9.47. The number of hydrogen-bond donors (Lipinski definition) is 3. The summed E-state index contributed by atoms with van der Waals surface area (Å²) >= 11 is 0. The Bertz CT molecular complexity index is 1000. The Balaban J connectivity index is 1.91. The van der Waals surface area contributed by atoms with E-state index in [0.717, 1.165) is 38.2 Å². The number of fused-ring (bicyclic) bond motifs is 1. The standard InChI is InChI=1S/C24H35NO6S/c1-15-6-7-20-23(2,3)8-5-9-24(20,4)19(15)14-32(30,31)18-11-16(10-17(26)12-18)22(29)25-13-21(27)28/h10-12,15,19-20,26H,5-9,13-14H2,1-4H3,(H,25,29)(H,27,28). The van der Waals surface area contributed by atoms with Gasteiger partial charge in [-0.1, -0.05) is 40.5 Å². The highest BCUT2D eigenvalue weighted by atomic mass is 32.2. The van der Waals surface area contributed by atoms with Crippen LogP contribution in [0.25, 0.3) is 0 Å². The Labute approximate surface area is 190 Å². The normalized spacial score (nSPS) is 29.7. The fourth-order valence-corrected chi connectivity index (χ4v) is 8.43. The van der Waals surface area contributed by atoms with E-state index in [-0.39, 0.29) is 44.6 Å². The number of amides is 1. The molecule has 0 heterocycles. The van der Waals surface area contributed by atoms with Crippen molar-refractivity contribution in [1.29, 1.82) is 0 Å². The molecule has 0 aromatic heterocycles. The number of carbonyl (C=O) groups excluding carboxylic acids is 1. The Morgan fingerprint density at radius 2 is 1.81 bits per heavy atom. The minimum Gasteiger partial charge on any atom is -0.508 e. The molecule has 7 nitrogen and oxygen atoms in total. The van der Waals surface area contributed by atoms with Crippen molar-refractivity contribution in [3.8, 4) is 5.75 Å². The quantitative estimate of drug-likeness (QED) is 0.587. The van der Waals surface area contributed by atoms with E-state index in [2.05, 4.69) is 33.0 Å². The third kappa shape index (κ3) is 4.80. The fourth-order valence-electron chi connectivity index (χ4n) is 6.45. The van der Waals surface area contributed by atoms with Gasteiger partial charge in [0.05, 0.1) is 10.6 Å². The van der Waals surface area contributed by atoms with E-state index in [9.17, 15) is 23.1 Å². The second kappa shape index (κ2) is 8.69. The molecule has 0 bridgehead atoms. The van der Waals surface area contributed by atoms with Crippen molar-refractivity contribution >= 4 is 21.7 Å². The summed E-state index contributed by atoms with van der Waals surface area (Å²) in [5.74, 6) is -1.62. The molecule has 4 atom stereocenters. The highest BCUT2D eigenvalue weighted by Gasteiger charge is 2.54. The summed E-state index contributed by atoms with van der Waals surface area (Å²) in [4.78, 5) is 22.9. The number of sulfone groups is 1. The molecule has 0 saturated heterocycles. The van der Waals surface area contributed by atoms with Gasteiger partial charge in [-0.2, -0.15) is 0 Å². The van der Waals surface area contributed by atoms with E-state index in [1.54, 1.807) is 0 Å². The molecule has 1 aromatic carbocycles. The fraction of sp³-hybridized carbons (Fsp3) is 0.667. The topological polar surface area (TPSA) is 121 Å². The number of carbonyl (C=O) groups is 2. The summed E-state index contributed by atoms with van der Waals surface area (Å²) in [6.07, 6.45) is 5.36. The van der Waals surface area contributed by atoms with Gasteiger partial charge in [-0.05, 0) is 66.0 Å². The predicted octanol–water partition coefficient (Wildman–Crippen LogP) is 3.86. The van der Waals surface area contributed by atoms with Crippen LogP contribution in [0.15, 0.2) is 23.1 Å². The van der Waals surface area contributed by atoms with Gasteiger partial charge in [0.1, 0.15) is 12.3 Å². The van der Waals surface area contributed by atoms with E-state index < -0.39 is 28.3 Å². The van der Waals surface area contributed by atoms with Crippen molar-refractivity contribution in [2.45, 2.75) is 64.7 Å². The van der Waals surface area contributed by atoms with Gasteiger partial charge < -0.3 is 15.5 Å². The highest BCUT2D eigenvalue weighted by molar-refractivity contribution is 7.91. The lowest BCUT2D eigenvalue weighted by Gasteiger charge is -2.59. The smallest absolute Gasteiger partial charge is 0.322 e. The molecule has 2 aliphatic rings. The van der Waals surface area contributed by atoms with Crippen molar-refractivity contribution in [3.63, 3.8) is 0 Å². The molecule has 2 saturated carbocycles. The number of hydrogen-bond acceptors (Lipinski definition) is 5. The zero-order valence-corrected chi connectivity index (χ0v) is 20.2. The molecule has 0 radical (unpaired) electrons. The molecule has 0 aliphatic heterocycles. The van der Waals surface area contributed by atoms with Crippen molar-refractivity contribution < 1.29 is 28.2 Å². The summed E-state index contributed by atoms with van der Waals surface area (Å²) in [7, 11) is -3.78. The second-order valence-electron chi connectivity index (χ2n) is 10.6. The van der Waals surface area contributed by atoms with E-state index in [1.807, 2.05) is 0 Å². The lowest BCUT2D eigenvalue weighted by molar-refractivity contribution is -0.135. The molecule has 0 spiro atoms. The highest BCUT2D eigenvalue weighted by Crippen LogP contribution is 2.61. The van der Waals surface area contributed by atoms with Crippen LogP contribution in [0.4, 0.5) is 0 Å². The lowest BCUT2D eigenvalue weighted by Crippen LogP contribution is -2.52. The summed E-state index contributed by atoms with van der Waals surface area (Å²) in [5.41, 5.74) is 0.0185. The third-order valence-corrected chi connectivity index (χ3v) is 9.78. The Kier molecular flexibility index (Phi) is 6.67. The van der Waals surface area contributed by atoms with Gasteiger partial charge in [0.15, 0.2) is 9.84 Å². The van der Waals surface area contributed by atoms with Crippen LogP contribution >= 0.6 is 0 Å². The van der Waals surface area contributed by atoms with Crippen LogP contribution in [-0.2, 0) is 14.6 Å². The summed E-state index contributed by atoms with van der Waals surface area (Å²) in [5, 5.41) is 21.0. The summed E-state index contributed by atoms with van der Waals surface area (Å²) in [6, 6.07) is 3.53. The summed E-state index contributed by atoms with van der Waals surface area (Å²) in [6.45, 7) is 8.39. The van der Waals surface area contributed by atoms with Crippen LogP contribution < -0.4 is 5.32 Å². The number of phenols is 1. The third-order valence-electron chi connectivity index (χ3n) is 8.03. The molecule has 2 fully saturated rings. The number of nitrogens with one attached hydrogen (secondary N) is 1. The maximum atomic E-state index is 13.5. The van der Waals surface area contributed by atoms with Gasteiger partial charge >= 0.3 is 5.97 Å². The number of carboxylic acids is 1. The molecular formula is C24H35NO6S. The van der Waals surface area contributed by atoms with Crippen molar-refractivity contribution in [3.05, 3.63) is 23.8 Å². The van der Waals surface area contributed by atoms with Crippen molar-refractivity contribution in [2.24, 2.45) is 28.6 Å². The van der Waals surface area contributed by atoms with Crippen molar-refractivity contribution in [2.75, 3.05) is 12.3 Å². The molecule has 32 heavy (non-hydrogen) atoms. The van der Waals surface area contributed by atoms with Gasteiger partial charge in [-0.25, -0.2) is 8.42 Å². The van der Waals surface area contributed by atoms with E-state index in [1.165, 1.54) is 12.1 Å². The van der Waals surface area contributed by atoms with Crippen LogP contribution in [0, 0.1) is 28.6 Å². The molecule has 3 rings (SSSR count). The Morgan fingerprint density at radius 3 is 2.47 bits per heavy atom. The first kappa shape index (κ1) is 24.6. The maximum absolute atomic E-state index is 13.5. The molecule has 3 N–H and O–H groups in total. The second-order valence-corrected chi connectivity index (χ2v) is 12.7. The van der Waals surface area contributed by atoms with Gasteiger partial charge in [-0.3, -0.25) is 9.59 Å². The van der Waals surface area contributed by atoms with Crippen LogP contribution in [0.2, 0.25) is 0 Å². The molecule has 178 valence electrons. The molecule has 2 aliphatic carbocycles. The number of benzene rings is 1. The molecule has 8 heteroatoms. The van der Waals surface area contributed by atoms with E-state index in [0.29, 0.717) is 5.92 Å². The Morgan fingerprint density at radius 1 is 1.12 bits per heavy atom. The molecule has 4 unspecified atom stereocenters. The average molecular weight is 466 g/mol. The first-order valence-corrected chi connectivity index (χ1v) is 13.0. The summed E-state index contributed by atoms with van der Waals surface area (Å²) < 4.78 is 27.0. The zero-order valence-electron chi connectivity index (χ0n) is 19.3. The first-order valence-electron chi connectivity index (χ1n) is 11.3. The van der Waals surface area contributed by atoms with Gasteiger partial charge in [0.2, 0.25) is 0 Å². The van der Waals surface area contributed by atoms with E-state index >= 15 is 0 Å². The molecule has 1 aromatic rings. The molecular weight excluding hydrogens is 430 g/mol. The van der Waals surface area contributed by atoms with Crippen LogP contribution in [0.1, 0.15) is 70.2 Å². The monoisotopic (exact) mass is 465 g/mol. The SMILES string of the molecule is CC1CCC2C(C)(C)CCCC2(C)C1CS(=O)(=O)c1cc(O)cc(C(=O)NCC(=O)O)c1. The average Bonchev–Trinajstić information content (AvgIpc) is 2.67. The number of aliphatic carboxylic acids is 1. The van der Waals surface area contributed by atoms with Gasteiger partial charge in [0, 0.05) is 5.56 Å². The Hall–Kier alpha value is -2.09. The minimum absolute atomic E-state index is 0.0162.